The summed E-state index contributed by atoms with van der Waals surface area (Å²) in [5, 5.41) is 0. The van der Waals surface area contributed by atoms with Gasteiger partial charge in [-0.15, -0.1) is 0 Å². The molecule has 1 saturated heterocycles. The number of nitrogens with zero attached hydrogens (tertiary/aromatic N) is 3. The molecule has 0 amide bonds. The zero-order chi connectivity index (χ0) is 13.0. The van der Waals surface area contributed by atoms with Crippen LogP contribution in [-0.2, 0) is 6.54 Å². The molecule has 1 fully saturated rings. The molecule has 3 nitrogen and oxygen atoms in total. The van der Waals surface area contributed by atoms with E-state index in [2.05, 4.69) is 40.6 Å². The van der Waals surface area contributed by atoms with Gasteiger partial charge in [-0.25, -0.2) is 4.85 Å². The molecule has 0 bridgehead atoms. The molecule has 0 atom stereocenters. The van der Waals surface area contributed by atoms with Gasteiger partial charge >= 0.3 is 0 Å². The first-order chi connectivity index (χ1) is 8.69. The highest BCUT2D eigenvalue weighted by molar-refractivity contribution is 5.45. The number of hydrogen-bond acceptors (Lipinski definition) is 2. The first kappa shape index (κ1) is 13.1. The minimum atomic E-state index is 0.657. The molecular weight excluding hydrogens is 222 g/mol. The van der Waals surface area contributed by atoms with E-state index in [1.165, 1.54) is 5.56 Å². The van der Waals surface area contributed by atoms with Crippen LogP contribution in [0.4, 0.5) is 5.69 Å². The van der Waals surface area contributed by atoms with Gasteiger partial charge in [-0.05, 0) is 19.4 Å². The fourth-order valence-electron chi connectivity index (χ4n) is 2.37. The molecule has 18 heavy (non-hydrogen) atoms. The first-order valence-corrected chi connectivity index (χ1v) is 6.62. The van der Waals surface area contributed by atoms with Crippen LogP contribution in [0.25, 0.3) is 4.85 Å². The van der Waals surface area contributed by atoms with Crippen molar-refractivity contribution in [3.63, 3.8) is 0 Å². The molecule has 1 aromatic carbocycles. The molecular formula is C15H21N3. The van der Waals surface area contributed by atoms with E-state index in [9.17, 15) is 0 Å². The van der Waals surface area contributed by atoms with E-state index in [4.69, 9.17) is 6.57 Å². The molecule has 0 spiro atoms. The van der Waals surface area contributed by atoms with Gasteiger partial charge in [0.1, 0.15) is 0 Å². The van der Waals surface area contributed by atoms with Gasteiger partial charge in [-0.2, -0.15) is 0 Å². The molecule has 1 aliphatic heterocycles. The molecule has 0 radical (unpaired) electrons. The van der Waals surface area contributed by atoms with Crippen LogP contribution in [0.15, 0.2) is 24.3 Å². The molecule has 0 aliphatic carbocycles. The third-order valence-electron chi connectivity index (χ3n) is 3.61. The van der Waals surface area contributed by atoms with Crippen LogP contribution in [0.1, 0.15) is 19.4 Å². The summed E-state index contributed by atoms with van der Waals surface area (Å²) < 4.78 is 0. The van der Waals surface area contributed by atoms with Gasteiger partial charge in [0.25, 0.3) is 0 Å². The Balaban J connectivity index is 1.86. The molecule has 1 aromatic rings. The highest BCUT2D eigenvalue weighted by atomic mass is 15.3. The lowest BCUT2D eigenvalue weighted by Crippen LogP contribution is -2.48. The lowest BCUT2D eigenvalue weighted by atomic mass is 10.1. The van der Waals surface area contributed by atoms with E-state index in [1.807, 2.05) is 12.1 Å². The van der Waals surface area contributed by atoms with Crippen LogP contribution < -0.4 is 0 Å². The summed E-state index contributed by atoms with van der Waals surface area (Å²) in [6, 6.07) is 8.62. The molecule has 1 heterocycles. The number of rotatable bonds is 3. The Bertz CT molecular complexity index is 408. The van der Waals surface area contributed by atoms with E-state index in [0.717, 1.165) is 38.4 Å². The maximum atomic E-state index is 6.94. The van der Waals surface area contributed by atoms with E-state index in [-0.39, 0.29) is 0 Å². The Morgan fingerprint density at radius 3 is 2.22 bits per heavy atom. The third kappa shape index (κ3) is 3.32. The van der Waals surface area contributed by atoms with Gasteiger partial charge in [0, 0.05) is 38.8 Å². The normalized spacial score (nSPS) is 17.9. The summed E-state index contributed by atoms with van der Waals surface area (Å²) in [6.45, 7) is 17.1. The van der Waals surface area contributed by atoms with Crippen molar-refractivity contribution in [2.75, 3.05) is 26.2 Å². The second-order valence-corrected chi connectivity index (χ2v) is 5.18. The van der Waals surface area contributed by atoms with Crippen molar-refractivity contribution in [1.29, 1.82) is 0 Å². The second kappa shape index (κ2) is 5.99. The van der Waals surface area contributed by atoms with Crippen molar-refractivity contribution in [2.24, 2.45) is 0 Å². The maximum absolute atomic E-state index is 6.94. The number of benzene rings is 1. The van der Waals surface area contributed by atoms with Crippen molar-refractivity contribution in [1.82, 2.24) is 9.80 Å². The molecule has 96 valence electrons. The molecule has 3 heteroatoms. The molecule has 0 N–H and O–H groups in total. The molecule has 0 aromatic heterocycles. The van der Waals surface area contributed by atoms with Crippen molar-refractivity contribution in [2.45, 2.75) is 26.4 Å². The summed E-state index contributed by atoms with van der Waals surface area (Å²) in [5.41, 5.74) is 2.03. The topological polar surface area (TPSA) is 10.8 Å². The average molecular weight is 243 g/mol. The molecule has 0 saturated carbocycles. The average Bonchev–Trinajstić information content (AvgIpc) is 2.40. The van der Waals surface area contributed by atoms with Crippen LogP contribution in [0, 0.1) is 6.57 Å². The van der Waals surface area contributed by atoms with Gasteiger partial charge in [-0.3, -0.25) is 9.80 Å². The van der Waals surface area contributed by atoms with Crippen molar-refractivity contribution in [3.8, 4) is 0 Å². The van der Waals surface area contributed by atoms with Crippen molar-refractivity contribution < 1.29 is 0 Å². The fraction of sp³-hybridized carbons (Fsp3) is 0.533. The fourth-order valence-corrected chi connectivity index (χ4v) is 2.37. The summed E-state index contributed by atoms with van der Waals surface area (Å²) in [7, 11) is 0. The van der Waals surface area contributed by atoms with Crippen LogP contribution >= 0.6 is 0 Å². The Hall–Kier alpha value is -1.37. The van der Waals surface area contributed by atoms with E-state index >= 15 is 0 Å². The molecule has 2 rings (SSSR count). The lowest BCUT2D eigenvalue weighted by molar-refractivity contribution is 0.104. The van der Waals surface area contributed by atoms with E-state index in [1.54, 1.807) is 0 Å². The monoisotopic (exact) mass is 243 g/mol. The highest BCUT2D eigenvalue weighted by Gasteiger charge is 2.18. The predicted molar refractivity (Wildman–Crippen MR) is 74.7 cm³/mol. The highest BCUT2D eigenvalue weighted by Crippen LogP contribution is 2.15. The Morgan fingerprint density at radius 2 is 1.72 bits per heavy atom. The van der Waals surface area contributed by atoms with Crippen LogP contribution in [0.5, 0.6) is 0 Å². The zero-order valence-electron chi connectivity index (χ0n) is 11.3. The predicted octanol–water partition coefficient (Wildman–Crippen LogP) is 2.76. The quantitative estimate of drug-likeness (QED) is 0.756. The number of hydrogen-bond donors (Lipinski definition) is 0. The minimum Gasteiger partial charge on any atom is -0.298 e. The maximum Gasteiger partial charge on any atom is 0.187 e. The van der Waals surface area contributed by atoms with Gasteiger partial charge in [-0.1, -0.05) is 24.3 Å². The van der Waals surface area contributed by atoms with Crippen molar-refractivity contribution >= 4 is 5.69 Å². The summed E-state index contributed by atoms with van der Waals surface area (Å²) in [4.78, 5) is 8.44. The third-order valence-corrected chi connectivity index (χ3v) is 3.61. The standard InChI is InChI=1S/C15H21N3/c1-13(2)18-10-8-17(9-11-18)12-14-4-6-15(16-3)7-5-14/h4-7,13H,8-12H2,1-2H3. The van der Waals surface area contributed by atoms with Crippen LogP contribution in [-0.4, -0.2) is 42.0 Å². The van der Waals surface area contributed by atoms with Gasteiger partial charge in [0.15, 0.2) is 5.69 Å². The second-order valence-electron chi connectivity index (χ2n) is 5.18. The molecule has 0 unspecified atom stereocenters. The SMILES string of the molecule is [C-]#[N+]c1ccc(CN2CCN(C(C)C)CC2)cc1. The minimum absolute atomic E-state index is 0.657. The lowest BCUT2D eigenvalue weighted by Gasteiger charge is -2.36. The van der Waals surface area contributed by atoms with Gasteiger partial charge in [0.05, 0.1) is 6.57 Å². The van der Waals surface area contributed by atoms with Gasteiger partial charge in [0.2, 0.25) is 0 Å². The summed E-state index contributed by atoms with van der Waals surface area (Å²) in [5.74, 6) is 0. The van der Waals surface area contributed by atoms with Crippen molar-refractivity contribution in [3.05, 3.63) is 41.2 Å². The summed E-state index contributed by atoms with van der Waals surface area (Å²) in [6.07, 6.45) is 0. The zero-order valence-corrected chi connectivity index (χ0v) is 11.3. The van der Waals surface area contributed by atoms with E-state index < -0.39 is 0 Å². The molecule has 1 aliphatic rings. The van der Waals surface area contributed by atoms with Gasteiger partial charge < -0.3 is 0 Å². The smallest absolute Gasteiger partial charge is 0.187 e. The first-order valence-electron chi connectivity index (χ1n) is 6.62. The van der Waals surface area contributed by atoms with Crippen LogP contribution in [0.2, 0.25) is 0 Å². The summed E-state index contributed by atoms with van der Waals surface area (Å²) >= 11 is 0. The van der Waals surface area contributed by atoms with E-state index in [0.29, 0.717) is 6.04 Å². The number of piperazine rings is 1. The Kier molecular flexibility index (Phi) is 4.35. The Morgan fingerprint density at radius 1 is 1.11 bits per heavy atom. The Labute approximate surface area is 110 Å². The largest absolute Gasteiger partial charge is 0.298 e. The van der Waals surface area contributed by atoms with Crippen LogP contribution in [0.3, 0.4) is 0 Å².